The van der Waals surface area contributed by atoms with Crippen molar-refractivity contribution in [2.75, 3.05) is 7.05 Å². The Morgan fingerprint density at radius 3 is 2.73 bits per heavy atom. The van der Waals surface area contributed by atoms with Gasteiger partial charge in [0.25, 0.3) is 5.91 Å². The smallest absolute Gasteiger partial charge is 0.276 e. The van der Waals surface area contributed by atoms with Gasteiger partial charge in [-0.05, 0) is 12.1 Å². The number of aromatic nitrogens is 3. The molecule has 2 heterocycles. The predicted octanol–water partition coefficient (Wildman–Crippen LogP) is 2.59. The van der Waals surface area contributed by atoms with Crippen molar-refractivity contribution in [1.29, 1.82) is 0 Å². The van der Waals surface area contributed by atoms with Gasteiger partial charge in [-0.2, -0.15) is 0 Å². The lowest BCUT2D eigenvalue weighted by Gasteiger charge is -2.14. The van der Waals surface area contributed by atoms with Gasteiger partial charge in [-0.3, -0.25) is 14.8 Å². The summed E-state index contributed by atoms with van der Waals surface area (Å²) < 4.78 is 37.1. The molecule has 134 valence electrons. The Balaban J connectivity index is 1.63. The van der Waals surface area contributed by atoms with Crippen LogP contribution in [0.15, 0.2) is 47.4 Å². The van der Waals surface area contributed by atoms with Crippen LogP contribution in [0.3, 0.4) is 0 Å². The molecule has 1 aromatic carbocycles. The van der Waals surface area contributed by atoms with Crippen LogP contribution in [0.4, 0.5) is 8.78 Å². The summed E-state index contributed by atoms with van der Waals surface area (Å²) in [5.41, 5.74) is 0.662. The first-order chi connectivity index (χ1) is 12.5. The summed E-state index contributed by atoms with van der Waals surface area (Å²) in [6, 6.07) is 4.74. The van der Waals surface area contributed by atoms with E-state index in [1.54, 1.807) is 13.2 Å². The van der Waals surface area contributed by atoms with Gasteiger partial charge in [0.15, 0.2) is 28.8 Å². The number of halogens is 2. The molecule has 0 bridgehead atoms. The number of carbonyl (C=O) groups is 1. The standard InChI is InChI=1S/C17H14F2N4O3/c1-23(9-11-8-20-5-6-21-11)17(24)15-7-12(26-22-15)10-25-16-13(18)3-2-4-14(16)19/h2-8H,9-10H2,1H3. The molecule has 26 heavy (non-hydrogen) atoms. The van der Waals surface area contributed by atoms with E-state index in [4.69, 9.17) is 9.26 Å². The van der Waals surface area contributed by atoms with Crippen LogP contribution < -0.4 is 4.74 Å². The normalized spacial score (nSPS) is 10.6. The fraction of sp³-hybridized carbons (Fsp3) is 0.176. The molecule has 0 unspecified atom stereocenters. The van der Waals surface area contributed by atoms with Crippen molar-refractivity contribution in [2.45, 2.75) is 13.2 Å². The summed E-state index contributed by atoms with van der Waals surface area (Å²) in [6.45, 7) is -0.0299. The second-order valence-electron chi connectivity index (χ2n) is 5.38. The fourth-order valence-electron chi connectivity index (χ4n) is 2.17. The highest BCUT2D eigenvalue weighted by atomic mass is 19.1. The average molecular weight is 360 g/mol. The number of ether oxygens (including phenoxy) is 1. The van der Waals surface area contributed by atoms with Crippen molar-refractivity contribution in [1.82, 2.24) is 20.0 Å². The number of para-hydroxylation sites is 1. The molecule has 1 amide bonds. The zero-order valence-corrected chi connectivity index (χ0v) is 13.7. The highest BCUT2D eigenvalue weighted by Crippen LogP contribution is 2.22. The summed E-state index contributed by atoms with van der Waals surface area (Å²) in [5, 5.41) is 3.67. The molecule has 0 saturated heterocycles. The maximum Gasteiger partial charge on any atom is 0.276 e. The van der Waals surface area contributed by atoms with Gasteiger partial charge in [-0.25, -0.2) is 8.78 Å². The molecule has 0 spiro atoms. The molecular formula is C17H14F2N4O3. The molecular weight excluding hydrogens is 346 g/mol. The molecule has 0 saturated carbocycles. The third kappa shape index (κ3) is 4.00. The zero-order chi connectivity index (χ0) is 18.5. The van der Waals surface area contributed by atoms with Crippen molar-refractivity contribution in [2.24, 2.45) is 0 Å². The molecule has 2 aromatic heterocycles. The molecule has 0 fully saturated rings. The van der Waals surface area contributed by atoms with Crippen LogP contribution in [0.2, 0.25) is 0 Å². The van der Waals surface area contributed by atoms with Gasteiger partial charge in [0.05, 0.1) is 18.4 Å². The van der Waals surface area contributed by atoms with Crippen LogP contribution in [0.1, 0.15) is 21.9 Å². The Labute approximate surface area is 147 Å². The van der Waals surface area contributed by atoms with Crippen LogP contribution in [0.25, 0.3) is 0 Å². The lowest BCUT2D eigenvalue weighted by molar-refractivity contribution is 0.0772. The molecule has 0 aliphatic carbocycles. The third-order valence-corrected chi connectivity index (χ3v) is 3.42. The monoisotopic (exact) mass is 360 g/mol. The molecule has 0 N–H and O–H groups in total. The third-order valence-electron chi connectivity index (χ3n) is 3.42. The van der Waals surface area contributed by atoms with Gasteiger partial charge in [0.1, 0.15) is 6.61 Å². The Bertz CT molecular complexity index is 882. The molecule has 3 rings (SSSR count). The number of benzene rings is 1. The lowest BCUT2D eigenvalue weighted by Crippen LogP contribution is -2.26. The lowest BCUT2D eigenvalue weighted by atomic mass is 10.3. The molecule has 3 aromatic rings. The van der Waals surface area contributed by atoms with Gasteiger partial charge in [-0.1, -0.05) is 11.2 Å². The number of nitrogens with zero attached hydrogens (tertiary/aromatic N) is 4. The quantitative estimate of drug-likeness (QED) is 0.672. The minimum absolute atomic E-state index is 0.0454. The maximum absolute atomic E-state index is 13.5. The van der Waals surface area contributed by atoms with Crippen LogP contribution in [-0.4, -0.2) is 33.0 Å². The van der Waals surface area contributed by atoms with Crippen molar-refractivity contribution >= 4 is 5.91 Å². The summed E-state index contributed by atoms with van der Waals surface area (Å²) in [4.78, 5) is 21.7. The van der Waals surface area contributed by atoms with E-state index >= 15 is 0 Å². The maximum atomic E-state index is 13.5. The van der Waals surface area contributed by atoms with E-state index in [0.717, 1.165) is 12.1 Å². The second-order valence-corrected chi connectivity index (χ2v) is 5.38. The molecule has 9 heteroatoms. The fourth-order valence-corrected chi connectivity index (χ4v) is 2.17. The van der Waals surface area contributed by atoms with Crippen LogP contribution in [-0.2, 0) is 13.2 Å². The number of hydrogen-bond acceptors (Lipinski definition) is 6. The predicted molar refractivity (Wildman–Crippen MR) is 85.0 cm³/mol. The first-order valence-electron chi connectivity index (χ1n) is 7.57. The minimum atomic E-state index is -0.829. The van der Waals surface area contributed by atoms with Gasteiger partial charge in [0, 0.05) is 25.5 Å². The number of hydrogen-bond donors (Lipinski definition) is 0. The Morgan fingerprint density at radius 2 is 2.04 bits per heavy atom. The average Bonchev–Trinajstić information content (AvgIpc) is 3.10. The Kier molecular flexibility index (Phi) is 5.16. The first-order valence-corrected chi connectivity index (χ1v) is 7.57. The Morgan fingerprint density at radius 1 is 1.27 bits per heavy atom. The summed E-state index contributed by atoms with van der Waals surface area (Å²) in [5.74, 6) is -2.42. The SMILES string of the molecule is CN(Cc1cnccn1)C(=O)c1cc(COc2c(F)cccc2F)on1. The largest absolute Gasteiger partial charge is 0.479 e. The molecule has 0 atom stereocenters. The van der Waals surface area contributed by atoms with E-state index in [2.05, 4.69) is 15.1 Å². The molecule has 7 nitrogen and oxygen atoms in total. The van der Waals surface area contributed by atoms with E-state index < -0.39 is 23.3 Å². The summed E-state index contributed by atoms with van der Waals surface area (Å²) in [6.07, 6.45) is 4.61. The van der Waals surface area contributed by atoms with Gasteiger partial charge in [0.2, 0.25) is 0 Å². The highest BCUT2D eigenvalue weighted by molar-refractivity contribution is 5.92. The molecule has 0 aliphatic rings. The first kappa shape index (κ1) is 17.5. The van der Waals surface area contributed by atoms with Gasteiger partial charge < -0.3 is 14.2 Å². The molecule has 0 aliphatic heterocycles. The van der Waals surface area contributed by atoms with Crippen molar-refractivity contribution in [3.05, 3.63) is 71.6 Å². The van der Waals surface area contributed by atoms with Crippen molar-refractivity contribution in [3.63, 3.8) is 0 Å². The van der Waals surface area contributed by atoms with E-state index in [1.165, 1.54) is 29.4 Å². The van der Waals surface area contributed by atoms with Crippen molar-refractivity contribution in [3.8, 4) is 5.75 Å². The van der Waals surface area contributed by atoms with Gasteiger partial charge in [-0.15, -0.1) is 0 Å². The number of rotatable bonds is 6. The van der Waals surface area contributed by atoms with E-state index in [0.29, 0.717) is 5.69 Å². The van der Waals surface area contributed by atoms with Crippen LogP contribution in [0, 0.1) is 11.6 Å². The second kappa shape index (κ2) is 7.68. The molecule has 0 radical (unpaired) electrons. The topological polar surface area (TPSA) is 81.4 Å². The summed E-state index contributed by atoms with van der Waals surface area (Å²) >= 11 is 0. The highest BCUT2D eigenvalue weighted by Gasteiger charge is 2.18. The van der Waals surface area contributed by atoms with Crippen molar-refractivity contribution < 1.29 is 22.8 Å². The van der Waals surface area contributed by atoms with E-state index in [1.807, 2.05) is 0 Å². The number of amides is 1. The zero-order valence-electron chi connectivity index (χ0n) is 13.7. The van der Waals surface area contributed by atoms with Crippen LogP contribution in [0.5, 0.6) is 5.75 Å². The minimum Gasteiger partial charge on any atom is -0.479 e. The van der Waals surface area contributed by atoms with E-state index in [-0.39, 0.29) is 24.6 Å². The number of carbonyl (C=O) groups excluding carboxylic acids is 1. The van der Waals surface area contributed by atoms with E-state index in [9.17, 15) is 13.6 Å². The van der Waals surface area contributed by atoms with Gasteiger partial charge >= 0.3 is 0 Å². The summed E-state index contributed by atoms with van der Waals surface area (Å²) in [7, 11) is 1.58. The Hall–Kier alpha value is -3.36. The van der Waals surface area contributed by atoms with Crippen LogP contribution >= 0.6 is 0 Å².